The number of pyridine rings is 1. The zero-order chi connectivity index (χ0) is 11.4. The lowest BCUT2D eigenvalue weighted by Crippen LogP contribution is -1.99. The number of anilines is 1. The third-order valence-corrected chi connectivity index (χ3v) is 2.99. The van der Waals surface area contributed by atoms with Crippen LogP contribution in [0.5, 0.6) is 0 Å². The van der Waals surface area contributed by atoms with E-state index in [9.17, 15) is 0 Å². The van der Waals surface area contributed by atoms with Crippen molar-refractivity contribution in [1.29, 1.82) is 0 Å². The maximum atomic E-state index is 5.79. The van der Waals surface area contributed by atoms with Gasteiger partial charge < -0.3 is 5.73 Å². The highest BCUT2D eigenvalue weighted by Crippen LogP contribution is 2.15. The molecule has 0 bridgehead atoms. The van der Waals surface area contributed by atoms with Gasteiger partial charge in [0.2, 0.25) is 0 Å². The van der Waals surface area contributed by atoms with Crippen LogP contribution in [0, 0.1) is 0 Å². The van der Waals surface area contributed by atoms with Crippen LogP contribution >= 0.6 is 15.9 Å². The topological polar surface area (TPSA) is 38.9 Å². The Balaban J connectivity index is 2.05. The highest BCUT2D eigenvalue weighted by Gasteiger charge is 2.00. The van der Waals surface area contributed by atoms with Gasteiger partial charge in [-0.25, -0.2) is 4.98 Å². The number of hydrogen-bond acceptors (Lipinski definition) is 2. The van der Waals surface area contributed by atoms with Crippen LogP contribution in [0.1, 0.15) is 11.1 Å². The van der Waals surface area contributed by atoms with Gasteiger partial charge in [0.05, 0.1) is 0 Å². The monoisotopic (exact) mass is 276 g/mol. The molecule has 0 aliphatic heterocycles. The van der Waals surface area contributed by atoms with Crippen LogP contribution in [0.4, 0.5) is 5.82 Å². The van der Waals surface area contributed by atoms with E-state index in [1.807, 2.05) is 24.3 Å². The second-order valence-corrected chi connectivity index (χ2v) is 4.59. The Bertz CT molecular complexity index is 483. The smallest absolute Gasteiger partial charge is 0.126 e. The Morgan fingerprint density at radius 1 is 1.12 bits per heavy atom. The van der Waals surface area contributed by atoms with Crippen LogP contribution in [0.2, 0.25) is 0 Å². The van der Waals surface area contributed by atoms with Gasteiger partial charge in [-0.15, -0.1) is 0 Å². The summed E-state index contributed by atoms with van der Waals surface area (Å²) in [6, 6.07) is 12.3. The molecule has 82 valence electrons. The van der Waals surface area contributed by atoms with E-state index in [1.165, 1.54) is 5.56 Å². The number of hydrogen-bond donors (Lipinski definition) is 1. The highest BCUT2D eigenvalue weighted by molar-refractivity contribution is 9.10. The SMILES string of the molecule is Nc1ncccc1CCc1cccc(Br)c1. The predicted molar refractivity (Wildman–Crippen MR) is 70.2 cm³/mol. The molecule has 1 aromatic heterocycles. The molecule has 0 aliphatic rings. The summed E-state index contributed by atoms with van der Waals surface area (Å²) in [6.07, 6.45) is 3.63. The van der Waals surface area contributed by atoms with Crippen molar-refractivity contribution in [3.63, 3.8) is 0 Å². The van der Waals surface area contributed by atoms with Crippen LogP contribution in [-0.2, 0) is 12.8 Å². The Labute approximate surface area is 104 Å². The van der Waals surface area contributed by atoms with E-state index in [4.69, 9.17) is 5.73 Å². The minimum absolute atomic E-state index is 0.637. The Kier molecular flexibility index (Phi) is 3.57. The number of nitrogens with two attached hydrogens (primary N) is 1. The Morgan fingerprint density at radius 2 is 2.00 bits per heavy atom. The lowest BCUT2D eigenvalue weighted by molar-refractivity contribution is 0.953. The molecule has 2 N–H and O–H groups in total. The van der Waals surface area contributed by atoms with E-state index < -0.39 is 0 Å². The molecule has 0 unspecified atom stereocenters. The molecule has 0 spiro atoms. The summed E-state index contributed by atoms with van der Waals surface area (Å²) in [5, 5.41) is 0. The lowest BCUT2D eigenvalue weighted by atomic mass is 10.1. The van der Waals surface area contributed by atoms with Gasteiger partial charge in [-0.3, -0.25) is 0 Å². The number of halogens is 1. The van der Waals surface area contributed by atoms with Gasteiger partial charge in [0.1, 0.15) is 5.82 Å². The molecule has 2 aromatic rings. The molecule has 1 heterocycles. The molecule has 0 atom stereocenters. The number of nitrogens with zero attached hydrogens (tertiary/aromatic N) is 1. The van der Waals surface area contributed by atoms with E-state index in [0.29, 0.717) is 5.82 Å². The van der Waals surface area contributed by atoms with Crippen molar-refractivity contribution in [3.8, 4) is 0 Å². The van der Waals surface area contributed by atoms with Gasteiger partial charge in [0, 0.05) is 10.7 Å². The number of rotatable bonds is 3. The molecule has 0 aliphatic carbocycles. The van der Waals surface area contributed by atoms with E-state index in [0.717, 1.165) is 22.9 Å². The van der Waals surface area contributed by atoms with Crippen molar-refractivity contribution in [2.45, 2.75) is 12.8 Å². The first-order valence-corrected chi connectivity index (χ1v) is 5.99. The minimum atomic E-state index is 0.637. The second-order valence-electron chi connectivity index (χ2n) is 3.68. The normalized spacial score (nSPS) is 10.3. The van der Waals surface area contributed by atoms with Crippen LogP contribution < -0.4 is 5.73 Å². The third kappa shape index (κ3) is 2.83. The molecule has 0 radical (unpaired) electrons. The van der Waals surface area contributed by atoms with Gasteiger partial charge in [-0.2, -0.15) is 0 Å². The van der Waals surface area contributed by atoms with Gasteiger partial charge in [-0.05, 0) is 42.2 Å². The predicted octanol–water partition coefficient (Wildman–Crippen LogP) is 3.21. The van der Waals surface area contributed by atoms with Crippen molar-refractivity contribution in [1.82, 2.24) is 4.98 Å². The van der Waals surface area contributed by atoms with E-state index >= 15 is 0 Å². The summed E-state index contributed by atoms with van der Waals surface area (Å²) in [4.78, 5) is 4.08. The van der Waals surface area contributed by atoms with Gasteiger partial charge in [0.25, 0.3) is 0 Å². The summed E-state index contributed by atoms with van der Waals surface area (Å²) >= 11 is 3.47. The van der Waals surface area contributed by atoms with Crippen LogP contribution in [0.3, 0.4) is 0 Å². The van der Waals surface area contributed by atoms with Crippen molar-refractivity contribution < 1.29 is 0 Å². The quantitative estimate of drug-likeness (QED) is 0.935. The van der Waals surface area contributed by atoms with Crippen molar-refractivity contribution in [2.24, 2.45) is 0 Å². The fourth-order valence-electron chi connectivity index (χ4n) is 1.63. The Morgan fingerprint density at radius 3 is 2.75 bits per heavy atom. The van der Waals surface area contributed by atoms with Crippen molar-refractivity contribution in [2.75, 3.05) is 5.73 Å². The molecule has 3 heteroatoms. The average molecular weight is 277 g/mol. The van der Waals surface area contributed by atoms with E-state index in [-0.39, 0.29) is 0 Å². The molecule has 0 saturated heterocycles. The summed E-state index contributed by atoms with van der Waals surface area (Å²) in [6.45, 7) is 0. The summed E-state index contributed by atoms with van der Waals surface area (Å²) in [7, 11) is 0. The van der Waals surface area contributed by atoms with Crippen LogP contribution in [0.25, 0.3) is 0 Å². The van der Waals surface area contributed by atoms with Crippen molar-refractivity contribution in [3.05, 3.63) is 58.2 Å². The maximum absolute atomic E-state index is 5.79. The maximum Gasteiger partial charge on any atom is 0.126 e. The molecular weight excluding hydrogens is 264 g/mol. The largest absolute Gasteiger partial charge is 0.383 e. The first kappa shape index (κ1) is 11.1. The zero-order valence-electron chi connectivity index (χ0n) is 8.86. The van der Waals surface area contributed by atoms with E-state index in [1.54, 1.807) is 6.20 Å². The molecule has 0 amide bonds. The summed E-state index contributed by atoms with van der Waals surface area (Å²) < 4.78 is 1.11. The fourth-order valence-corrected chi connectivity index (χ4v) is 2.08. The molecule has 16 heavy (non-hydrogen) atoms. The minimum Gasteiger partial charge on any atom is -0.383 e. The van der Waals surface area contributed by atoms with Crippen LogP contribution in [-0.4, -0.2) is 4.98 Å². The zero-order valence-corrected chi connectivity index (χ0v) is 10.4. The fraction of sp³-hybridized carbons (Fsp3) is 0.154. The lowest BCUT2D eigenvalue weighted by Gasteiger charge is -2.04. The first-order valence-electron chi connectivity index (χ1n) is 5.19. The number of aromatic nitrogens is 1. The standard InChI is InChI=1S/C13H13BrN2/c14-12-5-1-3-10(9-12)6-7-11-4-2-8-16-13(11)15/h1-5,8-9H,6-7H2,(H2,15,16). The molecule has 0 fully saturated rings. The van der Waals surface area contributed by atoms with E-state index in [2.05, 4.69) is 33.0 Å². The van der Waals surface area contributed by atoms with Gasteiger partial charge in [-0.1, -0.05) is 34.1 Å². The van der Waals surface area contributed by atoms with Gasteiger partial charge in [0.15, 0.2) is 0 Å². The average Bonchev–Trinajstić information content (AvgIpc) is 2.28. The van der Waals surface area contributed by atoms with Crippen LogP contribution in [0.15, 0.2) is 47.1 Å². The third-order valence-electron chi connectivity index (χ3n) is 2.50. The number of benzene rings is 1. The summed E-state index contributed by atoms with van der Waals surface area (Å²) in [5.41, 5.74) is 8.21. The second kappa shape index (κ2) is 5.12. The number of nitrogen functional groups attached to an aromatic ring is 1. The Hall–Kier alpha value is -1.35. The first-order chi connectivity index (χ1) is 7.75. The molecule has 0 saturated carbocycles. The molecule has 2 nitrogen and oxygen atoms in total. The number of aryl methyl sites for hydroxylation is 2. The van der Waals surface area contributed by atoms with Crippen molar-refractivity contribution >= 4 is 21.7 Å². The molecular formula is C13H13BrN2. The van der Waals surface area contributed by atoms with Gasteiger partial charge >= 0.3 is 0 Å². The molecule has 1 aromatic carbocycles. The molecule has 2 rings (SSSR count). The summed E-state index contributed by atoms with van der Waals surface area (Å²) in [5.74, 6) is 0.637. The highest BCUT2D eigenvalue weighted by atomic mass is 79.9.